The lowest BCUT2D eigenvalue weighted by Gasteiger charge is -2.23. The second-order valence-electron chi connectivity index (χ2n) is 5.03. The van der Waals surface area contributed by atoms with E-state index in [0.29, 0.717) is 18.6 Å². The van der Waals surface area contributed by atoms with Gasteiger partial charge in [0.15, 0.2) is 0 Å². The first kappa shape index (κ1) is 15.3. The summed E-state index contributed by atoms with van der Waals surface area (Å²) >= 11 is 5.98. The van der Waals surface area contributed by atoms with Crippen LogP contribution < -0.4 is 10.1 Å². The van der Waals surface area contributed by atoms with Crippen molar-refractivity contribution in [1.29, 1.82) is 0 Å². The quantitative estimate of drug-likeness (QED) is 0.806. The lowest BCUT2D eigenvalue weighted by atomic mass is 10.1. The number of nitrogens with one attached hydrogen (secondary N) is 1. The van der Waals surface area contributed by atoms with Gasteiger partial charge in [0.25, 0.3) is 0 Å². The summed E-state index contributed by atoms with van der Waals surface area (Å²) in [5.41, 5.74) is 1.12. The van der Waals surface area contributed by atoms with Crippen molar-refractivity contribution in [1.82, 2.24) is 5.32 Å². The Bertz CT molecular complexity index is 366. The molecule has 0 heterocycles. The van der Waals surface area contributed by atoms with E-state index in [4.69, 9.17) is 16.3 Å². The molecule has 1 rings (SSSR count). The summed E-state index contributed by atoms with van der Waals surface area (Å²) in [4.78, 5) is 0. The molecule has 0 aliphatic carbocycles. The van der Waals surface area contributed by atoms with Crippen LogP contribution in [0.4, 0.5) is 0 Å². The van der Waals surface area contributed by atoms with Crippen LogP contribution in [0, 0.1) is 12.8 Å². The predicted octanol–water partition coefficient (Wildman–Crippen LogP) is 4.05. The maximum atomic E-state index is 5.98. The Kier molecular flexibility index (Phi) is 6.51. The van der Waals surface area contributed by atoms with Gasteiger partial charge in [0, 0.05) is 11.1 Å². The summed E-state index contributed by atoms with van der Waals surface area (Å²) in [6.07, 6.45) is 1.14. The van der Waals surface area contributed by atoms with E-state index in [-0.39, 0.29) is 0 Å². The molecule has 0 saturated heterocycles. The third kappa shape index (κ3) is 4.87. The third-order valence-corrected chi connectivity index (χ3v) is 3.26. The van der Waals surface area contributed by atoms with E-state index in [0.717, 1.165) is 29.3 Å². The van der Waals surface area contributed by atoms with Gasteiger partial charge >= 0.3 is 0 Å². The monoisotopic (exact) mass is 269 g/mol. The molecule has 0 aliphatic rings. The normalized spacial score (nSPS) is 12.8. The Hall–Kier alpha value is -0.730. The summed E-state index contributed by atoms with van der Waals surface area (Å²) in [7, 11) is 0. The molecule has 0 radical (unpaired) electrons. The van der Waals surface area contributed by atoms with Crippen LogP contribution in [0.3, 0.4) is 0 Å². The molecule has 1 aromatic carbocycles. The molecule has 0 fully saturated rings. The highest BCUT2D eigenvalue weighted by Gasteiger charge is 2.13. The maximum absolute atomic E-state index is 5.98. The van der Waals surface area contributed by atoms with Crippen LogP contribution in [0.15, 0.2) is 18.2 Å². The fourth-order valence-electron chi connectivity index (χ4n) is 1.73. The van der Waals surface area contributed by atoms with Crippen LogP contribution in [0.25, 0.3) is 0 Å². The average molecular weight is 270 g/mol. The van der Waals surface area contributed by atoms with Crippen molar-refractivity contribution < 1.29 is 4.74 Å². The number of ether oxygens (including phenoxy) is 1. The van der Waals surface area contributed by atoms with Crippen LogP contribution in [-0.4, -0.2) is 19.2 Å². The maximum Gasteiger partial charge on any atom is 0.123 e. The summed E-state index contributed by atoms with van der Waals surface area (Å²) in [6, 6.07) is 6.14. The Balaban J connectivity index is 2.58. The van der Waals surface area contributed by atoms with Gasteiger partial charge in [-0.05, 0) is 43.5 Å². The fraction of sp³-hybridized carbons (Fsp3) is 0.600. The lowest BCUT2D eigenvalue weighted by Crippen LogP contribution is -2.39. The molecule has 102 valence electrons. The van der Waals surface area contributed by atoms with Gasteiger partial charge in [0.1, 0.15) is 12.4 Å². The van der Waals surface area contributed by atoms with Crippen LogP contribution >= 0.6 is 11.6 Å². The van der Waals surface area contributed by atoms with Crippen molar-refractivity contribution in [2.75, 3.05) is 13.2 Å². The van der Waals surface area contributed by atoms with Gasteiger partial charge in [-0.25, -0.2) is 0 Å². The molecule has 0 amide bonds. The zero-order chi connectivity index (χ0) is 13.5. The third-order valence-electron chi connectivity index (χ3n) is 3.03. The second kappa shape index (κ2) is 7.65. The summed E-state index contributed by atoms with van der Waals surface area (Å²) in [5.74, 6) is 1.43. The standard InChI is InChI=1S/C15H24ClNO/c1-5-8-17-14(11(2)3)10-18-15-9-13(16)7-6-12(15)4/h6-7,9,11,14,17H,5,8,10H2,1-4H3. The molecule has 18 heavy (non-hydrogen) atoms. The van der Waals surface area contributed by atoms with E-state index in [1.807, 2.05) is 25.1 Å². The molecular weight excluding hydrogens is 246 g/mol. The van der Waals surface area contributed by atoms with Crippen molar-refractivity contribution in [3.63, 3.8) is 0 Å². The highest BCUT2D eigenvalue weighted by Crippen LogP contribution is 2.22. The first-order valence-electron chi connectivity index (χ1n) is 6.67. The Morgan fingerprint density at radius 3 is 2.67 bits per heavy atom. The van der Waals surface area contributed by atoms with Crippen molar-refractivity contribution in [2.45, 2.75) is 40.2 Å². The molecule has 1 unspecified atom stereocenters. The number of rotatable bonds is 7. The molecule has 0 spiro atoms. The smallest absolute Gasteiger partial charge is 0.123 e. The lowest BCUT2D eigenvalue weighted by molar-refractivity contribution is 0.229. The number of hydrogen-bond donors (Lipinski definition) is 1. The number of benzene rings is 1. The summed E-state index contributed by atoms with van der Waals surface area (Å²) < 4.78 is 5.89. The molecule has 0 bridgehead atoms. The van der Waals surface area contributed by atoms with Crippen molar-refractivity contribution in [2.24, 2.45) is 5.92 Å². The van der Waals surface area contributed by atoms with Crippen LogP contribution in [0.2, 0.25) is 5.02 Å². The highest BCUT2D eigenvalue weighted by atomic mass is 35.5. The predicted molar refractivity (Wildman–Crippen MR) is 78.6 cm³/mol. The molecule has 0 aromatic heterocycles. The van der Waals surface area contributed by atoms with Crippen molar-refractivity contribution >= 4 is 11.6 Å². The van der Waals surface area contributed by atoms with E-state index in [2.05, 4.69) is 26.1 Å². The Morgan fingerprint density at radius 2 is 2.06 bits per heavy atom. The van der Waals surface area contributed by atoms with Crippen molar-refractivity contribution in [3.05, 3.63) is 28.8 Å². The summed E-state index contributed by atoms with van der Waals surface area (Å²) in [5, 5.41) is 4.24. The van der Waals surface area contributed by atoms with E-state index in [9.17, 15) is 0 Å². The minimum Gasteiger partial charge on any atom is -0.492 e. The zero-order valence-corrected chi connectivity index (χ0v) is 12.6. The van der Waals surface area contributed by atoms with Gasteiger partial charge in [-0.15, -0.1) is 0 Å². The van der Waals surface area contributed by atoms with Crippen LogP contribution in [0.1, 0.15) is 32.8 Å². The molecule has 0 saturated carbocycles. The second-order valence-corrected chi connectivity index (χ2v) is 5.46. The highest BCUT2D eigenvalue weighted by molar-refractivity contribution is 6.30. The Labute approximate surface area is 116 Å². The number of aryl methyl sites for hydroxylation is 1. The molecule has 1 N–H and O–H groups in total. The number of halogens is 1. The van der Waals surface area contributed by atoms with Gasteiger partial charge in [0.05, 0.1) is 0 Å². The zero-order valence-electron chi connectivity index (χ0n) is 11.8. The van der Waals surface area contributed by atoms with Gasteiger partial charge in [-0.3, -0.25) is 0 Å². The minimum absolute atomic E-state index is 0.378. The first-order valence-corrected chi connectivity index (χ1v) is 7.04. The van der Waals surface area contributed by atoms with Gasteiger partial charge in [-0.1, -0.05) is 38.4 Å². The SMILES string of the molecule is CCCNC(COc1cc(Cl)ccc1C)C(C)C. The molecule has 2 nitrogen and oxygen atoms in total. The van der Waals surface area contributed by atoms with E-state index < -0.39 is 0 Å². The molecule has 1 aromatic rings. The van der Waals surface area contributed by atoms with E-state index in [1.165, 1.54) is 0 Å². The van der Waals surface area contributed by atoms with Crippen LogP contribution in [0.5, 0.6) is 5.75 Å². The summed E-state index contributed by atoms with van der Waals surface area (Å²) in [6.45, 7) is 10.3. The average Bonchev–Trinajstić information content (AvgIpc) is 2.33. The molecule has 1 atom stereocenters. The van der Waals surface area contributed by atoms with Crippen LogP contribution in [-0.2, 0) is 0 Å². The fourth-order valence-corrected chi connectivity index (χ4v) is 1.89. The largest absolute Gasteiger partial charge is 0.492 e. The molecular formula is C15H24ClNO. The topological polar surface area (TPSA) is 21.3 Å². The molecule has 3 heteroatoms. The van der Waals surface area contributed by atoms with Gasteiger partial charge in [0.2, 0.25) is 0 Å². The molecule has 0 aliphatic heterocycles. The van der Waals surface area contributed by atoms with E-state index >= 15 is 0 Å². The van der Waals surface area contributed by atoms with E-state index in [1.54, 1.807) is 0 Å². The number of hydrogen-bond acceptors (Lipinski definition) is 2. The van der Waals surface area contributed by atoms with Gasteiger partial charge < -0.3 is 10.1 Å². The minimum atomic E-state index is 0.378. The first-order chi connectivity index (χ1) is 8.54. The van der Waals surface area contributed by atoms with Crippen molar-refractivity contribution in [3.8, 4) is 5.75 Å². The Morgan fingerprint density at radius 1 is 1.33 bits per heavy atom. The van der Waals surface area contributed by atoms with Gasteiger partial charge in [-0.2, -0.15) is 0 Å².